The quantitative estimate of drug-likeness (QED) is 0.111. The predicted molar refractivity (Wildman–Crippen MR) is 263 cm³/mol. The third kappa shape index (κ3) is 6.90. The first kappa shape index (κ1) is 37.5. The summed E-state index contributed by atoms with van der Waals surface area (Å²) in [5.74, 6) is 1.07. The third-order valence-corrected chi connectivity index (χ3v) is 11.8. The highest BCUT2D eigenvalue weighted by molar-refractivity contribution is 6.17. The minimum atomic E-state index is 0.477. The lowest BCUT2D eigenvalue weighted by molar-refractivity contribution is 1.06. The summed E-state index contributed by atoms with van der Waals surface area (Å²) < 4.78 is 4.71. The average molecular weight is 809 g/mol. The highest BCUT2D eigenvalue weighted by Gasteiger charge is 2.18. The number of rotatable bonds is 8. The monoisotopic (exact) mass is 808 g/mol. The highest BCUT2D eigenvalue weighted by atomic mass is 15.0. The summed E-state index contributed by atoms with van der Waals surface area (Å²) >= 11 is 0. The first-order valence-electron chi connectivity index (χ1n) is 21.1. The number of fused-ring (bicyclic) bond motifs is 6. The van der Waals surface area contributed by atoms with Crippen LogP contribution in [0.5, 0.6) is 0 Å². The predicted octanol–water partition coefficient (Wildman–Crippen LogP) is 13.7. The molecule has 0 amide bonds. The maximum Gasteiger partial charge on any atom is 0.161 e. The normalized spacial score (nSPS) is 12.1. The van der Waals surface area contributed by atoms with Gasteiger partial charge in [-0.1, -0.05) is 146 Å². The van der Waals surface area contributed by atoms with E-state index in [1.807, 2.05) is 60.8 Å². The van der Waals surface area contributed by atoms with E-state index in [1.165, 1.54) is 27.4 Å². The van der Waals surface area contributed by atoms with Gasteiger partial charge >= 0.3 is 0 Å². The zero-order valence-electron chi connectivity index (χ0n) is 34.4. The number of aromatic nitrogens is 3. The number of para-hydroxylation sites is 3. The molecule has 0 atom stereocenters. The van der Waals surface area contributed by atoms with Gasteiger partial charge in [0.15, 0.2) is 11.7 Å². The fourth-order valence-corrected chi connectivity index (χ4v) is 8.86. The molecule has 3 aromatic heterocycles. The van der Waals surface area contributed by atoms with Gasteiger partial charge in [0.25, 0.3) is 0 Å². The van der Waals surface area contributed by atoms with Gasteiger partial charge in [0.1, 0.15) is 0 Å². The van der Waals surface area contributed by atoms with Gasteiger partial charge in [0.05, 0.1) is 34.3 Å². The molecule has 11 aromatic rings. The van der Waals surface area contributed by atoms with Crippen LogP contribution in [0.25, 0.3) is 77.4 Å². The minimum Gasteiger partial charge on any atom is -0.309 e. The van der Waals surface area contributed by atoms with Gasteiger partial charge in [-0.2, -0.15) is 0 Å². The Bertz CT molecular complexity index is 3530. The molecule has 0 radical (unpaired) electrons. The Morgan fingerprint density at radius 3 is 1.83 bits per heavy atom. The van der Waals surface area contributed by atoms with Crippen molar-refractivity contribution in [1.29, 1.82) is 0 Å². The van der Waals surface area contributed by atoms with E-state index in [4.69, 9.17) is 15.0 Å². The van der Waals surface area contributed by atoms with Gasteiger partial charge in [0.2, 0.25) is 0 Å². The summed E-state index contributed by atoms with van der Waals surface area (Å²) in [6.07, 6.45) is 1.82. The zero-order valence-corrected chi connectivity index (χ0v) is 34.4. The largest absolute Gasteiger partial charge is 0.309 e. The van der Waals surface area contributed by atoms with Gasteiger partial charge in [0, 0.05) is 55.8 Å². The molecular formula is C57H40N6. The van der Waals surface area contributed by atoms with Crippen molar-refractivity contribution >= 4 is 62.0 Å². The van der Waals surface area contributed by atoms with E-state index >= 15 is 0 Å². The van der Waals surface area contributed by atoms with Crippen LogP contribution in [0.2, 0.25) is 0 Å². The second-order valence-electron chi connectivity index (χ2n) is 15.5. The highest BCUT2D eigenvalue weighted by Crippen LogP contribution is 2.39. The van der Waals surface area contributed by atoms with Crippen LogP contribution in [-0.2, 0) is 6.54 Å². The van der Waals surface area contributed by atoms with Crippen molar-refractivity contribution in [1.82, 2.24) is 14.1 Å². The Hall–Kier alpha value is -8.48. The van der Waals surface area contributed by atoms with Gasteiger partial charge < -0.3 is 9.13 Å². The van der Waals surface area contributed by atoms with Crippen LogP contribution >= 0.6 is 0 Å². The molecular weight excluding hydrogens is 769 g/mol. The topological polar surface area (TPSA) is 59.8 Å². The second kappa shape index (κ2) is 16.2. The summed E-state index contributed by atoms with van der Waals surface area (Å²) in [4.78, 5) is 19.3. The molecule has 11 rings (SSSR count). The summed E-state index contributed by atoms with van der Waals surface area (Å²) in [5, 5.41) is 4.75. The Morgan fingerprint density at radius 1 is 0.460 bits per heavy atom. The van der Waals surface area contributed by atoms with Crippen LogP contribution < -0.4 is 0 Å². The molecule has 0 aliphatic carbocycles. The molecule has 0 bridgehead atoms. The van der Waals surface area contributed by atoms with Crippen LogP contribution in [-0.4, -0.2) is 32.5 Å². The van der Waals surface area contributed by atoms with Crippen LogP contribution in [0.3, 0.4) is 0 Å². The van der Waals surface area contributed by atoms with Crippen LogP contribution in [0.15, 0.2) is 233 Å². The van der Waals surface area contributed by atoms with Crippen molar-refractivity contribution < 1.29 is 0 Å². The molecule has 3 heterocycles. The van der Waals surface area contributed by atoms with Crippen molar-refractivity contribution in [2.45, 2.75) is 6.54 Å². The maximum atomic E-state index is 5.02. The first-order chi connectivity index (χ1) is 31.2. The molecule has 0 aliphatic heterocycles. The molecule has 0 saturated heterocycles. The molecule has 6 heteroatoms. The number of pyridine rings is 1. The van der Waals surface area contributed by atoms with E-state index in [0.717, 1.165) is 66.7 Å². The fraction of sp³-hybridized carbons (Fsp3) is 0.0175. The number of benzene rings is 8. The van der Waals surface area contributed by atoms with Gasteiger partial charge in [-0.25, -0.2) is 9.98 Å². The summed E-state index contributed by atoms with van der Waals surface area (Å²) in [6, 6.07) is 74.2. The lowest BCUT2D eigenvalue weighted by atomic mass is 10.0. The van der Waals surface area contributed by atoms with Crippen molar-refractivity contribution in [2.24, 2.45) is 15.0 Å². The molecule has 298 valence electrons. The van der Waals surface area contributed by atoms with Crippen LogP contribution in [0.1, 0.15) is 16.7 Å². The molecule has 0 aliphatic rings. The minimum absolute atomic E-state index is 0.477. The van der Waals surface area contributed by atoms with Gasteiger partial charge in [-0.15, -0.1) is 0 Å². The Labute approximate surface area is 365 Å². The SMILES string of the molecule is C=N/C(=N\C(=N/Cc1ccccc1)c1ccccc1)c1ccnc(-c2cccc3c2c2ccccc2n3-c2ccc(-c3ccc4c(c3)c3ccccc3n4-c3ccccc3)cc2)c1. The van der Waals surface area contributed by atoms with Crippen molar-refractivity contribution in [3.8, 4) is 33.8 Å². The molecule has 0 unspecified atom stereocenters. The second-order valence-corrected chi connectivity index (χ2v) is 15.5. The lowest BCUT2D eigenvalue weighted by Gasteiger charge is -2.11. The number of hydrogen-bond donors (Lipinski definition) is 0. The molecule has 0 N–H and O–H groups in total. The van der Waals surface area contributed by atoms with Crippen molar-refractivity contribution in [2.75, 3.05) is 0 Å². The molecule has 8 aromatic carbocycles. The van der Waals surface area contributed by atoms with E-state index in [1.54, 1.807) is 0 Å². The van der Waals surface area contributed by atoms with E-state index in [0.29, 0.717) is 18.2 Å². The smallest absolute Gasteiger partial charge is 0.161 e. The Morgan fingerprint density at radius 2 is 1.06 bits per heavy atom. The average Bonchev–Trinajstić information content (AvgIpc) is 3.88. The van der Waals surface area contributed by atoms with Crippen LogP contribution in [0, 0.1) is 0 Å². The molecule has 6 nitrogen and oxygen atoms in total. The van der Waals surface area contributed by atoms with Crippen LogP contribution in [0.4, 0.5) is 0 Å². The Balaban J connectivity index is 0.972. The summed E-state index contributed by atoms with van der Waals surface area (Å²) in [7, 11) is 0. The first-order valence-corrected chi connectivity index (χ1v) is 21.1. The van der Waals surface area contributed by atoms with Crippen molar-refractivity contribution in [3.63, 3.8) is 0 Å². The van der Waals surface area contributed by atoms with Gasteiger partial charge in [-0.3, -0.25) is 9.98 Å². The lowest BCUT2D eigenvalue weighted by Crippen LogP contribution is -2.06. The zero-order chi connectivity index (χ0) is 42.1. The van der Waals surface area contributed by atoms with E-state index in [2.05, 4.69) is 179 Å². The molecule has 63 heavy (non-hydrogen) atoms. The summed E-state index contributed by atoms with van der Waals surface area (Å²) in [5.41, 5.74) is 13.8. The standard InChI is InChI=1S/C57H40N6/c1-58-56(61-57(41-18-7-3-8-19-41)60-38-39-16-5-2-6-17-39)43-34-35-59-50(37-43)47-24-15-27-54-55(47)48-23-12-14-26-52(48)63(54)45-31-28-40(29-32-45)42-30-33-53-49(36-42)46-22-11-13-25-51(46)62(53)44-20-9-4-10-21-44/h2-37H,1,38H2/b60-57-,61-56-. The maximum absolute atomic E-state index is 5.02. The third-order valence-electron chi connectivity index (χ3n) is 11.8. The van der Waals surface area contributed by atoms with E-state index in [9.17, 15) is 0 Å². The summed E-state index contributed by atoms with van der Waals surface area (Å²) in [6.45, 7) is 4.43. The number of hydrogen-bond acceptors (Lipinski definition) is 2. The molecule has 0 fully saturated rings. The van der Waals surface area contributed by atoms with Crippen molar-refractivity contribution in [3.05, 3.63) is 235 Å². The number of aliphatic imine (C=N–C) groups is 3. The number of amidine groups is 2. The molecule has 0 saturated carbocycles. The fourth-order valence-electron chi connectivity index (χ4n) is 8.86. The molecule has 0 spiro atoms. The van der Waals surface area contributed by atoms with E-state index < -0.39 is 0 Å². The number of nitrogens with zero attached hydrogens (tertiary/aromatic N) is 6. The van der Waals surface area contributed by atoms with E-state index in [-0.39, 0.29) is 0 Å². The van der Waals surface area contributed by atoms with Gasteiger partial charge in [-0.05, 0) is 90.1 Å². The Kier molecular flexibility index (Phi) is 9.63.